The van der Waals surface area contributed by atoms with Crippen LogP contribution in [0.5, 0.6) is 5.75 Å². The van der Waals surface area contributed by atoms with Gasteiger partial charge in [-0.2, -0.15) is 0 Å². The van der Waals surface area contributed by atoms with Crippen LogP contribution in [-0.2, 0) is 0 Å². The Balaban J connectivity index is 1.89. The highest BCUT2D eigenvalue weighted by Gasteiger charge is 2.28. The van der Waals surface area contributed by atoms with E-state index in [1.807, 2.05) is 72.8 Å². The van der Waals surface area contributed by atoms with E-state index in [0.29, 0.717) is 5.75 Å². The van der Waals surface area contributed by atoms with Gasteiger partial charge in [-0.15, -0.1) is 0 Å². The second-order valence-corrected chi connectivity index (χ2v) is 8.49. The lowest BCUT2D eigenvalue weighted by Crippen LogP contribution is -2.32. The first-order chi connectivity index (χ1) is 15.4. The smallest absolute Gasteiger partial charge is 0.214 e. The van der Waals surface area contributed by atoms with Gasteiger partial charge in [0.1, 0.15) is 11.4 Å². The van der Waals surface area contributed by atoms with Crippen molar-refractivity contribution in [2.45, 2.75) is 25.4 Å². The molecule has 0 spiro atoms. The van der Waals surface area contributed by atoms with Crippen molar-refractivity contribution >= 4 is 10.9 Å². The second kappa shape index (κ2) is 8.85. The summed E-state index contributed by atoms with van der Waals surface area (Å²) in [7, 11) is 0. The zero-order valence-corrected chi connectivity index (χ0v) is 18.1. The Labute approximate surface area is 186 Å². The summed E-state index contributed by atoms with van der Waals surface area (Å²) in [5, 5.41) is 22.3. The molecule has 0 bridgehead atoms. The highest BCUT2D eigenvalue weighted by Crippen LogP contribution is 2.39. The van der Waals surface area contributed by atoms with Crippen molar-refractivity contribution < 1.29 is 14.8 Å². The second-order valence-electron chi connectivity index (χ2n) is 8.49. The van der Waals surface area contributed by atoms with E-state index in [0.717, 1.165) is 33.3 Å². The van der Waals surface area contributed by atoms with Gasteiger partial charge in [0.05, 0.1) is 18.2 Å². The molecule has 6 nitrogen and oxygen atoms in total. The van der Waals surface area contributed by atoms with Crippen LogP contribution in [0.1, 0.15) is 30.9 Å². The van der Waals surface area contributed by atoms with Crippen LogP contribution in [0.15, 0.2) is 78.9 Å². The standard InChI is InChI=1S/C26H26N2O4/c1-26(2,17-29)32-20-12-8-11-19(15-20)22(16-28(30)31)24-21-13-6-7-14-23(21)27-25(24)18-9-4-3-5-10-18/h3-15,22,27,29H,16-17H2,1-2H3. The molecule has 4 aromatic rings. The molecule has 4 rings (SSSR count). The van der Waals surface area contributed by atoms with Crippen LogP contribution >= 0.6 is 0 Å². The van der Waals surface area contributed by atoms with Gasteiger partial charge in [-0.05, 0) is 48.7 Å². The number of fused-ring (bicyclic) bond motifs is 1. The van der Waals surface area contributed by atoms with Gasteiger partial charge in [0.15, 0.2) is 0 Å². The average molecular weight is 431 g/mol. The lowest BCUT2D eigenvalue weighted by atomic mass is 9.87. The van der Waals surface area contributed by atoms with Gasteiger partial charge in [-0.1, -0.05) is 60.7 Å². The molecule has 6 heteroatoms. The van der Waals surface area contributed by atoms with Crippen molar-refractivity contribution in [1.29, 1.82) is 0 Å². The summed E-state index contributed by atoms with van der Waals surface area (Å²) < 4.78 is 5.94. The van der Waals surface area contributed by atoms with Crippen LogP contribution in [-0.4, -0.2) is 33.8 Å². The fourth-order valence-corrected chi connectivity index (χ4v) is 4.02. The van der Waals surface area contributed by atoms with E-state index >= 15 is 0 Å². The van der Waals surface area contributed by atoms with Crippen molar-refractivity contribution in [1.82, 2.24) is 4.98 Å². The molecule has 0 aliphatic rings. The maximum atomic E-state index is 11.8. The van der Waals surface area contributed by atoms with E-state index in [1.165, 1.54) is 0 Å². The summed E-state index contributed by atoms with van der Waals surface area (Å²) >= 11 is 0. The van der Waals surface area contributed by atoms with Crippen LogP contribution in [0.3, 0.4) is 0 Å². The highest BCUT2D eigenvalue weighted by atomic mass is 16.6. The Kier molecular flexibility index (Phi) is 5.97. The number of H-pyrrole nitrogens is 1. The van der Waals surface area contributed by atoms with Gasteiger partial charge >= 0.3 is 0 Å². The minimum Gasteiger partial charge on any atom is -0.485 e. The van der Waals surface area contributed by atoms with Crippen LogP contribution < -0.4 is 4.74 Å². The topological polar surface area (TPSA) is 88.4 Å². The first-order valence-corrected chi connectivity index (χ1v) is 10.6. The molecule has 0 fully saturated rings. The number of aromatic nitrogens is 1. The maximum absolute atomic E-state index is 11.8. The Morgan fingerprint density at radius 3 is 2.47 bits per heavy atom. The van der Waals surface area contributed by atoms with E-state index in [9.17, 15) is 15.2 Å². The zero-order chi connectivity index (χ0) is 22.7. The normalized spacial score (nSPS) is 12.6. The Bertz CT molecular complexity index is 1230. The number of nitrogens with one attached hydrogen (secondary N) is 1. The summed E-state index contributed by atoms with van der Waals surface area (Å²) in [5.41, 5.74) is 3.70. The van der Waals surface area contributed by atoms with Gasteiger partial charge < -0.3 is 14.8 Å². The summed E-state index contributed by atoms with van der Waals surface area (Å²) in [4.78, 5) is 15.0. The van der Waals surface area contributed by atoms with Crippen molar-refractivity contribution in [3.05, 3.63) is 100 Å². The largest absolute Gasteiger partial charge is 0.485 e. The zero-order valence-electron chi connectivity index (χ0n) is 18.1. The van der Waals surface area contributed by atoms with E-state index in [2.05, 4.69) is 4.98 Å². The SMILES string of the molecule is CC(C)(CO)Oc1cccc(C(C[N+](=O)[O-])c2c(-c3ccccc3)[nH]c3ccccc23)c1. The molecule has 0 saturated carbocycles. The molecule has 0 saturated heterocycles. The number of nitro groups is 1. The minimum absolute atomic E-state index is 0.143. The van der Waals surface area contributed by atoms with Crippen molar-refractivity contribution in [3.8, 4) is 17.0 Å². The van der Waals surface area contributed by atoms with Crippen molar-refractivity contribution in [2.24, 2.45) is 0 Å². The summed E-state index contributed by atoms with van der Waals surface area (Å²) in [6.45, 7) is 3.19. The number of ether oxygens (including phenoxy) is 1. The Morgan fingerprint density at radius 1 is 1.03 bits per heavy atom. The summed E-state index contributed by atoms with van der Waals surface area (Å²) in [6, 6.07) is 25.1. The average Bonchev–Trinajstić information content (AvgIpc) is 3.17. The van der Waals surface area contributed by atoms with Gasteiger partial charge in [0, 0.05) is 15.8 Å². The number of hydrogen-bond acceptors (Lipinski definition) is 4. The number of aliphatic hydroxyl groups excluding tert-OH is 1. The van der Waals surface area contributed by atoms with E-state index in [-0.39, 0.29) is 18.1 Å². The molecule has 32 heavy (non-hydrogen) atoms. The molecule has 164 valence electrons. The number of benzene rings is 3. The molecule has 0 aliphatic carbocycles. The maximum Gasteiger partial charge on any atom is 0.214 e. The van der Waals surface area contributed by atoms with E-state index in [1.54, 1.807) is 19.9 Å². The summed E-state index contributed by atoms with van der Waals surface area (Å²) in [6.07, 6.45) is 0. The van der Waals surface area contributed by atoms with Gasteiger partial charge in [0.25, 0.3) is 0 Å². The molecule has 0 amide bonds. The molecule has 1 heterocycles. The minimum atomic E-state index is -0.757. The van der Waals surface area contributed by atoms with Gasteiger partial charge in [-0.3, -0.25) is 10.1 Å². The molecule has 1 unspecified atom stereocenters. The third-order valence-corrected chi connectivity index (χ3v) is 5.52. The van der Waals surface area contributed by atoms with Gasteiger partial charge in [0.2, 0.25) is 6.54 Å². The predicted molar refractivity (Wildman–Crippen MR) is 126 cm³/mol. The fraction of sp³-hybridized carbons (Fsp3) is 0.231. The predicted octanol–water partition coefficient (Wildman–Crippen LogP) is 5.39. The quantitative estimate of drug-likeness (QED) is 0.290. The lowest BCUT2D eigenvalue weighted by Gasteiger charge is -2.25. The van der Waals surface area contributed by atoms with Crippen molar-refractivity contribution in [2.75, 3.05) is 13.2 Å². The fourth-order valence-electron chi connectivity index (χ4n) is 4.02. The number of para-hydroxylation sites is 1. The summed E-state index contributed by atoms with van der Waals surface area (Å²) in [5.74, 6) is 0.0770. The first-order valence-electron chi connectivity index (χ1n) is 10.6. The molecule has 1 aromatic heterocycles. The molecular formula is C26H26N2O4. The molecular weight excluding hydrogens is 404 g/mol. The molecule has 1 atom stereocenters. The van der Waals surface area contributed by atoms with Crippen LogP contribution in [0, 0.1) is 10.1 Å². The van der Waals surface area contributed by atoms with E-state index in [4.69, 9.17) is 4.74 Å². The highest BCUT2D eigenvalue weighted by molar-refractivity contribution is 5.92. The van der Waals surface area contributed by atoms with E-state index < -0.39 is 11.5 Å². The van der Waals surface area contributed by atoms with Crippen LogP contribution in [0.25, 0.3) is 22.2 Å². The Morgan fingerprint density at radius 2 is 1.75 bits per heavy atom. The van der Waals surface area contributed by atoms with Crippen LogP contribution in [0.2, 0.25) is 0 Å². The first kappa shape index (κ1) is 21.6. The number of rotatable bonds is 8. The molecule has 2 N–H and O–H groups in total. The number of nitrogens with zero attached hydrogens (tertiary/aromatic N) is 1. The number of hydrogen-bond donors (Lipinski definition) is 2. The third kappa shape index (κ3) is 4.50. The van der Waals surface area contributed by atoms with Gasteiger partial charge in [-0.25, -0.2) is 0 Å². The monoisotopic (exact) mass is 430 g/mol. The molecule has 0 aliphatic heterocycles. The number of aliphatic hydroxyl groups is 1. The van der Waals surface area contributed by atoms with Crippen molar-refractivity contribution in [3.63, 3.8) is 0 Å². The Hall–Kier alpha value is -3.64. The van der Waals surface area contributed by atoms with Crippen LogP contribution in [0.4, 0.5) is 0 Å². The molecule has 3 aromatic carbocycles. The number of aromatic amines is 1. The molecule has 0 radical (unpaired) electrons. The third-order valence-electron chi connectivity index (χ3n) is 5.52. The lowest BCUT2D eigenvalue weighted by molar-refractivity contribution is -0.481.